The highest BCUT2D eigenvalue weighted by Crippen LogP contribution is 2.52. The van der Waals surface area contributed by atoms with Crippen LogP contribution in [0.25, 0.3) is 0 Å². The van der Waals surface area contributed by atoms with Crippen molar-refractivity contribution in [2.24, 2.45) is 0 Å². The molecule has 1 aliphatic rings. The van der Waals surface area contributed by atoms with E-state index in [1.165, 1.54) is 0 Å². The molecule has 0 amide bonds. The summed E-state index contributed by atoms with van der Waals surface area (Å²) in [6, 6.07) is 7.38. The molecular formula is C13H15BrF2. The first-order valence-electron chi connectivity index (χ1n) is 5.60. The summed E-state index contributed by atoms with van der Waals surface area (Å²) in [5.41, 5.74) is -0.201. The number of benzene rings is 1. The lowest BCUT2D eigenvalue weighted by molar-refractivity contribution is -0.0602. The molecule has 0 saturated heterocycles. The van der Waals surface area contributed by atoms with Crippen LogP contribution in [0.5, 0.6) is 0 Å². The molecular weight excluding hydrogens is 274 g/mol. The van der Waals surface area contributed by atoms with Gasteiger partial charge in [0.15, 0.2) is 0 Å². The van der Waals surface area contributed by atoms with Crippen LogP contribution in [0.3, 0.4) is 0 Å². The molecule has 1 aromatic rings. The van der Waals surface area contributed by atoms with Crippen molar-refractivity contribution in [3.8, 4) is 0 Å². The lowest BCUT2D eigenvalue weighted by Crippen LogP contribution is -2.41. The summed E-state index contributed by atoms with van der Waals surface area (Å²) in [5.74, 6) is -2.66. The number of hydrogen-bond donors (Lipinski definition) is 0. The zero-order chi connectivity index (χ0) is 11.8. The van der Waals surface area contributed by atoms with Gasteiger partial charge in [0, 0.05) is 11.4 Å². The van der Waals surface area contributed by atoms with Crippen molar-refractivity contribution in [1.82, 2.24) is 0 Å². The second-order valence-corrected chi connectivity index (χ2v) is 5.51. The van der Waals surface area contributed by atoms with Crippen molar-refractivity contribution >= 4 is 15.9 Å². The van der Waals surface area contributed by atoms with Gasteiger partial charge in [0.05, 0.1) is 5.41 Å². The number of halogens is 3. The molecule has 1 fully saturated rings. The number of hydrogen-bond acceptors (Lipinski definition) is 0. The molecule has 0 N–H and O–H groups in total. The zero-order valence-corrected chi connectivity index (χ0v) is 10.9. The van der Waals surface area contributed by atoms with E-state index in [0.717, 1.165) is 29.8 Å². The smallest absolute Gasteiger partial charge is 0.206 e. The summed E-state index contributed by atoms with van der Waals surface area (Å²) >= 11 is 3.40. The van der Waals surface area contributed by atoms with Crippen LogP contribution in [0.4, 0.5) is 8.78 Å². The Labute approximate surface area is 103 Å². The van der Waals surface area contributed by atoms with Crippen LogP contribution in [-0.2, 0) is 5.41 Å². The van der Waals surface area contributed by atoms with E-state index in [9.17, 15) is 8.78 Å². The number of alkyl halides is 2. The van der Waals surface area contributed by atoms with E-state index in [0.29, 0.717) is 12.8 Å². The molecule has 0 radical (unpaired) electrons. The third-order valence-electron chi connectivity index (χ3n) is 3.69. The topological polar surface area (TPSA) is 0 Å². The van der Waals surface area contributed by atoms with Gasteiger partial charge in [-0.1, -0.05) is 47.0 Å². The molecule has 0 spiro atoms. The fraction of sp³-hybridized carbons (Fsp3) is 0.538. The van der Waals surface area contributed by atoms with E-state index in [4.69, 9.17) is 0 Å². The molecule has 0 bridgehead atoms. The average molecular weight is 289 g/mol. The van der Waals surface area contributed by atoms with Crippen LogP contribution >= 0.6 is 15.9 Å². The molecule has 0 aromatic heterocycles. The Bertz CT molecular complexity index is 376. The van der Waals surface area contributed by atoms with E-state index in [2.05, 4.69) is 15.9 Å². The average Bonchev–Trinajstić information content (AvgIpc) is 2.67. The minimum Gasteiger partial charge on any atom is -0.206 e. The van der Waals surface area contributed by atoms with Gasteiger partial charge in [-0.2, -0.15) is 0 Å². The maximum absolute atomic E-state index is 13.9. The lowest BCUT2D eigenvalue weighted by Gasteiger charge is -2.36. The standard InChI is InChI=1S/C13H15BrF2/c1-12(15,16)13(8-4-5-9-13)10-6-2-3-7-11(10)14/h2-3,6-7H,4-5,8-9H2,1H3. The van der Waals surface area contributed by atoms with Gasteiger partial charge in [-0.15, -0.1) is 0 Å². The Morgan fingerprint density at radius 1 is 1.19 bits per heavy atom. The van der Waals surface area contributed by atoms with Crippen molar-refractivity contribution in [2.75, 3.05) is 0 Å². The largest absolute Gasteiger partial charge is 0.254 e. The summed E-state index contributed by atoms with van der Waals surface area (Å²) in [6.45, 7) is 1.05. The molecule has 88 valence electrons. The quantitative estimate of drug-likeness (QED) is 0.725. The first-order chi connectivity index (χ1) is 7.47. The van der Waals surface area contributed by atoms with Gasteiger partial charge in [0.25, 0.3) is 5.92 Å². The van der Waals surface area contributed by atoms with Gasteiger partial charge in [0.2, 0.25) is 0 Å². The SMILES string of the molecule is CC(F)(F)C1(c2ccccc2Br)CCCC1. The minimum absolute atomic E-state index is 0.582. The van der Waals surface area contributed by atoms with Gasteiger partial charge < -0.3 is 0 Å². The molecule has 16 heavy (non-hydrogen) atoms. The molecule has 0 heterocycles. The molecule has 0 nitrogen and oxygen atoms in total. The Balaban J connectivity index is 2.53. The van der Waals surface area contributed by atoms with Crippen LogP contribution in [-0.4, -0.2) is 5.92 Å². The second kappa shape index (κ2) is 4.10. The van der Waals surface area contributed by atoms with E-state index in [1.807, 2.05) is 24.3 Å². The van der Waals surface area contributed by atoms with E-state index < -0.39 is 11.3 Å². The fourth-order valence-electron chi connectivity index (χ4n) is 2.77. The van der Waals surface area contributed by atoms with E-state index in [-0.39, 0.29) is 0 Å². The maximum Gasteiger partial charge on any atom is 0.254 e. The van der Waals surface area contributed by atoms with Crippen molar-refractivity contribution in [1.29, 1.82) is 0 Å². The molecule has 0 unspecified atom stereocenters. The van der Waals surface area contributed by atoms with Crippen LogP contribution in [0, 0.1) is 0 Å². The molecule has 0 aliphatic heterocycles. The van der Waals surface area contributed by atoms with E-state index >= 15 is 0 Å². The lowest BCUT2D eigenvalue weighted by atomic mass is 9.74. The Morgan fingerprint density at radius 3 is 2.25 bits per heavy atom. The summed E-state index contributed by atoms with van der Waals surface area (Å²) in [5, 5.41) is 0. The molecule has 0 atom stereocenters. The summed E-state index contributed by atoms with van der Waals surface area (Å²) in [7, 11) is 0. The monoisotopic (exact) mass is 288 g/mol. The number of rotatable bonds is 2. The van der Waals surface area contributed by atoms with E-state index in [1.54, 1.807) is 0 Å². The Morgan fingerprint density at radius 2 is 1.75 bits per heavy atom. The first kappa shape index (κ1) is 12.0. The van der Waals surface area contributed by atoms with Crippen molar-refractivity contribution in [3.63, 3.8) is 0 Å². The Kier molecular flexibility index (Phi) is 3.08. The van der Waals surface area contributed by atoms with Gasteiger partial charge in [-0.05, 0) is 24.5 Å². The second-order valence-electron chi connectivity index (χ2n) is 4.66. The third-order valence-corrected chi connectivity index (χ3v) is 4.38. The van der Waals surface area contributed by atoms with Gasteiger partial charge in [-0.3, -0.25) is 0 Å². The van der Waals surface area contributed by atoms with Crippen molar-refractivity contribution in [3.05, 3.63) is 34.3 Å². The van der Waals surface area contributed by atoms with Crippen molar-refractivity contribution < 1.29 is 8.78 Å². The summed E-state index contributed by atoms with van der Waals surface area (Å²) in [4.78, 5) is 0. The minimum atomic E-state index is -2.66. The zero-order valence-electron chi connectivity index (χ0n) is 9.27. The summed E-state index contributed by atoms with van der Waals surface area (Å²) in [6.07, 6.45) is 2.95. The van der Waals surface area contributed by atoms with Gasteiger partial charge in [-0.25, -0.2) is 8.78 Å². The van der Waals surface area contributed by atoms with Gasteiger partial charge in [0.1, 0.15) is 0 Å². The highest BCUT2D eigenvalue weighted by Gasteiger charge is 2.53. The van der Waals surface area contributed by atoms with Crippen LogP contribution in [0.2, 0.25) is 0 Å². The maximum atomic E-state index is 13.9. The fourth-order valence-corrected chi connectivity index (χ4v) is 3.44. The van der Waals surface area contributed by atoms with Crippen LogP contribution in [0.15, 0.2) is 28.7 Å². The van der Waals surface area contributed by atoms with Crippen LogP contribution < -0.4 is 0 Å². The predicted octanol–water partition coefficient (Wildman–Crippen LogP) is 4.92. The third kappa shape index (κ3) is 1.79. The highest BCUT2D eigenvalue weighted by atomic mass is 79.9. The van der Waals surface area contributed by atoms with Gasteiger partial charge >= 0.3 is 0 Å². The highest BCUT2D eigenvalue weighted by molar-refractivity contribution is 9.10. The molecule has 2 rings (SSSR count). The normalized spacial score (nSPS) is 20.0. The van der Waals surface area contributed by atoms with Crippen molar-refractivity contribution in [2.45, 2.75) is 43.9 Å². The molecule has 3 heteroatoms. The first-order valence-corrected chi connectivity index (χ1v) is 6.39. The van der Waals surface area contributed by atoms with Crippen LogP contribution in [0.1, 0.15) is 38.2 Å². The molecule has 1 aromatic carbocycles. The predicted molar refractivity (Wildman–Crippen MR) is 64.9 cm³/mol. The summed E-state index contributed by atoms with van der Waals surface area (Å²) < 4.78 is 28.7. The Hall–Kier alpha value is -0.440. The molecule has 1 aliphatic carbocycles. The molecule has 1 saturated carbocycles.